The van der Waals surface area contributed by atoms with Crippen molar-refractivity contribution in [2.24, 2.45) is 5.73 Å². The topological polar surface area (TPSA) is 84.2 Å². The van der Waals surface area contributed by atoms with E-state index < -0.39 is 6.04 Å². The van der Waals surface area contributed by atoms with Gasteiger partial charge in [-0.3, -0.25) is 9.59 Å². The summed E-state index contributed by atoms with van der Waals surface area (Å²) in [5, 5.41) is 5.74. The minimum absolute atomic E-state index is 0.0243. The number of nitrogens with two attached hydrogens (primary N) is 1. The average Bonchev–Trinajstić information content (AvgIpc) is 2.40. The van der Waals surface area contributed by atoms with Crippen LogP contribution in [0.1, 0.15) is 58.3 Å². The summed E-state index contributed by atoms with van der Waals surface area (Å²) >= 11 is 0. The first-order valence-corrected chi connectivity index (χ1v) is 7.46. The normalized spacial score (nSPS) is 17.8. The first kappa shape index (κ1) is 16.0. The number of rotatable bonds is 7. The minimum Gasteiger partial charge on any atom is -0.354 e. The molecule has 1 atom stereocenters. The molecule has 0 aromatic heterocycles. The third kappa shape index (κ3) is 6.57. The second kappa shape index (κ2) is 8.91. The molecule has 5 nitrogen and oxygen atoms in total. The van der Waals surface area contributed by atoms with Crippen LogP contribution in [-0.2, 0) is 9.59 Å². The van der Waals surface area contributed by atoms with Crippen LogP contribution < -0.4 is 16.4 Å². The van der Waals surface area contributed by atoms with Crippen LogP contribution in [0.5, 0.6) is 0 Å². The Morgan fingerprint density at radius 3 is 2.58 bits per heavy atom. The summed E-state index contributed by atoms with van der Waals surface area (Å²) in [5.41, 5.74) is 5.68. The maximum atomic E-state index is 11.7. The molecule has 1 fully saturated rings. The van der Waals surface area contributed by atoms with E-state index >= 15 is 0 Å². The van der Waals surface area contributed by atoms with Crippen molar-refractivity contribution in [3.05, 3.63) is 0 Å². The molecular formula is C14H27N3O2. The third-order valence-electron chi connectivity index (χ3n) is 3.56. The Labute approximate surface area is 115 Å². The highest BCUT2D eigenvalue weighted by atomic mass is 16.2. The fourth-order valence-electron chi connectivity index (χ4n) is 2.42. The fourth-order valence-corrected chi connectivity index (χ4v) is 2.42. The number of hydrogen-bond acceptors (Lipinski definition) is 3. The van der Waals surface area contributed by atoms with E-state index in [1.165, 1.54) is 19.3 Å². The van der Waals surface area contributed by atoms with Gasteiger partial charge in [-0.05, 0) is 19.3 Å². The zero-order chi connectivity index (χ0) is 14.1. The van der Waals surface area contributed by atoms with Gasteiger partial charge >= 0.3 is 0 Å². The van der Waals surface area contributed by atoms with Crippen LogP contribution in [0.4, 0.5) is 0 Å². The van der Waals surface area contributed by atoms with Gasteiger partial charge in [0.1, 0.15) is 0 Å². The van der Waals surface area contributed by atoms with Gasteiger partial charge in [0.2, 0.25) is 11.8 Å². The maximum Gasteiger partial charge on any atom is 0.236 e. The maximum absolute atomic E-state index is 11.7. The van der Waals surface area contributed by atoms with Crippen molar-refractivity contribution in [1.82, 2.24) is 10.6 Å². The molecule has 0 heterocycles. The van der Waals surface area contributed by atoms with E-state index in [1.54, 1.807) is 0 Å². The summed E-state index contributed by atoms with van der Waals surface area (Å²) in [6.07, 6.45) is 7.75. The van der Waals surface area contributed by atoms with Crippen molar-refractivity contribution < 1.29 is 9.59 Å². The first-order valence-electron chi connectivity index (χ1n) is 7.46. The Morgan fingerprint density at radius 1 is 1.26 bits per heavy atom. The Bertz CT molecular complexity index is 288. The van der Waals surface area contributed by atoms with Gasteiger partial charge in [0.25, 0.3) is 0 Å². The van der Waals surface area contributed by atoms with Crippen molar-refractivity contribution >= 4 is 11.8 Å². The zero-order valence-corrected chi connectivity index (χ0v) is 11.9. The van der Waals surface area contributed by atoms with Crippen molar-refractivity contribution in [3.63, 3.8) is 0 Å². The van der Waals surface area contributed by atoms with Crippen molar-refractivity contribution in [1.29, 1.82) is 0 Å². The van der Waals surface area contributed by atoms with Crippen molar-refractivity contribution in [3.8, 4) is 0 Å². The Morgan fingerprint density at radius 2 is 1.95 bits per heavy atom. The Balaban J connectivity index is 2.11. The van der Waals surface area contributed by atoms with Crippen LogP contribution in [0.25, 0.3) is 0 Å². The van der Waals surface area contributed by atoms with E-state index in [2.05, 4.69) is 10.6 Å². The number of carbonyl (C=O) groups is 2. The molecule has 4 N–H and O–H groups in total. The molecule has 1 unspecified atom stereocenters. The Hall–Kier alpha value is -1.10. The lowest BCUT2D eigenvalue weighted by molar-refractivity contribution is -0.123. The van der Waals surface area contributed by atoms with Crippen LogP contribution in [0, 0.1) is 0 Å². The largest absolute Gasteiger partial charge is 0.354 e. The van der Waals surface area contributed by atoms with E-state index in [-0.39, 0.29) is 11.8 Å². The lowest BCUT2D eigenvalue weighted by Crippen LogP contribution is -2.42. The van der Waals surface area contributed by atoms with E-state index in [4.69, 9.17) is 5.73 Å². The predicted molar refractivity (Wildman–Crippen MR) is 75.5 cm³/mol. The van der Waals surface area contributed by atoms with Gasteiger partial charge in [-0.1, -0.05) is 32.6 Å². The lowest BCUT2D eigenvalue weighted by Gasteiger charge is -2.22. The summed E-state index contributed by atoms with van der Waals surface area (Å²) in [7, 11) is 0. The zero-order valence-electron chi connectivity index (χ0n) is 11.9. The quantitative estimate of drug-likeness (QED) is 0.646. The average molecular weight is 269 g/mol. The molecule has 0 radical (unpaired) electrons. The molecule has 0 aromatic rings. The molecule has 1 aliphatic carbocycles. The molecule has 5 heteroatoms. The van der Waals surface area contributed by atoms with E-state index in [0.29, 0.717) is 25.4 Å². The van der Waals surface area contributed by atoms with Crippen LogP contribution in [0.3, 0.4) is 0 Å². The smallest absolute Gasteiger partial charge is 0.236 e. The molecule has 2 amide bonds. The molecule has 0 saturated heterocycles. The van der Waals surface area contributed by atoms with E-state index in [9.17, 15) is 9.59 Å². The summed E-state index contributed by atoms with van der Waals surface area (Å²) in [6, 6.07) is -0.120. The van der Waals surface area contributed by atoms with Gasteiger partial charge in [-0.25, -0.2) is 0 Å². The minimum atomic E-state index is -0.452. The fraction of sp³-hybridized carbons (Fsp3) is 0.857. The van der Waals surface area contributed by atoms with Crippen LogP contribution in [-0.4, -0.2) is 30.4 Å². The highest BCUT2D eigenvalue weighted by Gasteiger charge is 2.16. The molecule has 0 spiro atoms. The molecule has 110 valence electrons. The molecule has 0 aromatic carbocycles. The molecular weight excluding hydrogens is 242 g/mol. The van der Waals surface area contributed by atoms with Gasteiger partial charge in [0.05, 0.1) is 6.04 Å². The molecule has 19 heavy (non-hydrogen) atoms. The predicted octanol–water partition coefficient (Wildman–Crippen LogP) is 1.07. The van der Waals surface area contributed by atoms with Gasteiger partial charge in [-0.15, -0.1) is 0 Å². The standard InChI is InChI=1S/C14H27N3O2/c1-2-6-12(15)14(19)16-10-9-13(18)17-11-7-4-3-5-8-11/h11-12H,2-10,15H2,1H3,(H,16,19)(H,17,18). The van der Waals surface area contributed by atoms with Crippen LogP contribution in [0.15, 0.2) is 0 Å². The van der Waals surface area contributed by atoms with Crippen molar-refractivity contribution in [2.75, 3.05) is 6.54 Å². The molecule has 0 bridgehead atoms. The van der Waals surface area contributed by atoms with Crippen LogP contribution in [0.2, 0.25) is 0 Å². The van der Waals surface area contributed by atoms with Gasteiger partial charge in [0, 0.05) is 19.0 Å². The second-order valence-electron chi connectivity index (χ2n) is 5.34. The SMILES string of the molecule is CCCC(N)C(=O)NCCC(=O)NC1CCCCC1. The highest BCUT2D eigenvalue weighted by Crippen LogP contribution is 2.17. The monoisotopic (exact) mass is 269 g/mol. The van der Waals surface area contributed by atoms with E-state index in [1.807, 2.05) is 6.92 Å². The van der Waals surface area contributed by atoms with Gasteiger partial charge < -0.3 is 16.4 Å². The molecule has 1 aliphatic rings. The summed E-state index contributed by atoms with van der Waals surface area (Å²) in [5.74, 6) is -0.136. The van der Waals surface area contributed by atoms with E-state index in [0.717, 1.165) is 19.3 Å². The third-order valence-corrected chi connectivity index (χ3v) is 3.56. The first-order chi connectivity index (χ1) is 9.13. The lowest BCUT2D eigenvalue weighted by atomic mass is 9.95. The molecule has 1 rings (SSSR count). The van der Waals surface area contributed by atoms with Crippen molar-refractivity contribution in [2.45, 2.75) is 70.4 Å². The summed E-state index contributed by atoms with van der Waals surface area (Å²) in [4.78, 5) is 23.2. The number of amides is 2. The summed E-state index contributed by atoms with van der Waals surface area (Å²) < 4.78 is 0. The molecule has 1 saturated carbocycles. The molecule has 0 aliphatic heterocycles. The summed E-state index contributed by atoms with van der Waals surface area (Å²) in [6.45, 7) is 2.36. The Kier molecular flexibility index (Phi) is 7.48. The second-order valence-corrected chi connectivity index (χ2v) is 5.34. The van der Waals surface area contributed by atoms with Gasteiger partial charge in [0.15, 0.2) is 0 Å². The highest BCUT2D eigenvalue weighted by molar-refractivity contribution is 5.82. The number of carbonyl (C=O) groups excluding carboxylic acids is 2. The number of hydrogen-bond donors (Lipinski definition) is 3. The van der Waals surface area contributed by atoms with Crippen LogP contribution >= 0.6 is 0 Å². The van der Waals surface area contributed by atoms with Gasteiger partial charge in [-0.2, -0.15) is 0 Å². The number of nitrogens with one attached hydrogen (secondary N) is 2.